The van der Waals surface area contributed by atoms with E-state index >= 15 is 0 Å². The lowest BCUT2D eigenvalue weighted by Gasteiger charge is -2.01. The van der Waals surface area contributed by atoms with Gasteiger partial charge in [-0.2, -0.15) is 0 Å². The number of nitrogens with one attached hydrogen (secondary N) is 1. The molecule has 0 saturated carbocycles. The Hall–Kier alpha value is -2.21. The Bertz CT molecular complexity index is 715. The average Bonchev–Trinajstić information content (AvgIpc) is 3.02. The van der Waals surface area contributed by atoms with Crippen molar-refractivity contribution >= 4 is 11.0 Å². The summed E-state index contributed by atoms with van der Waals surface area (Å²) < 4.78 is 6.85. The van der Waals surface area contributed by atoms with Crippen LogP contribution in [0.25, 0.3) is 11.0 Å². The molecule has 0 aliphatic heterocycles. The van der Waals surface area contributed by atoms with Gasteiger partial charge in [0, 0.05) is 24.3 Å². The summed E-state index contributed by atoms with van der Waals surface area (Å²) in [7, 11) is 0. The van der Waals surface area contributed by atoms with Crippen molar-refractivity contribution in [3.63, 3.8) is 0 Å². The number of rotatable bonds is 5. The lowest BCUT2D eigenvalue weighted by molar-refractivity contribution is 0.300. The largest absolute Gasteiger partial charge is 0.326 e. The number of fused-ring (bicyclic) bond motifs is 1. The molecule has 0 saturated heterocycles. The van der Waals surface area contributed by atoms with Crippen LogP contribution in [0.3, 0.4) is 0 Å². The molecule has 0 aliphatic rings. The molecule has 3 rings (SSSR count). The molecule has 0 atom stereocenters. The van der Waals surface area contributed by atoms with Crippen molar-refractivity contribution in [2.45, 2.75) is 26.9 Å². The highest BCUT2D eigenvalue weighted by atomic mass is 16.6. The van der Waals surface area contributed by atoms with Gasteiger partial charge < -0.3 is 9.88 Å². The Labute approximate surface area is 116 Å². The van der Waals surface area contributed by atoms with E-state index < -0.39 is 0 Å². The maximum absolute atomic E-state index is 4.76. The van der Waals surface area contributed by atoms with E-state index in [0.717, 1.165) is 30.1 Å². The molecule has 6 heteroatoms. The van der Waals surface area contributed by atoms with E-state index in [4.69, 9.17) is 4.63 Å². The number of nitrogens with zero attached hydrogens (tertiary/aromatic N) is 4. The first kappa shape index (κ1) is 12.8. The van der Waals surface area contributed by atoms with Crippen molar-refractivity contribution in [2.75, 3.05) is 6.54 Å². The van der Waals surface area contributed by atoms with Crippen molar-refractivity contribution in [3.8, 4) is 0 Å². The van der Waals surface area contributed by atoms with Crippen LogP contribution in [-0.4, -0.2) is 26.4 Å². The van der Waals surface area contributed by atoms with Gasteiger partial charge in [-0.15, -0.1) is 0 Å². The van der Waals surface area contributed by atoms with Crippen molar-refractivity contribution in [1.82, 2.24) is 25.2 Å². The summed E-state index contributed by atoms with van der Waals surface area (Å²) in [4.78, 5) is 4.48. The Kier molecular flexibility index (Phi) is 3.47. The van der Waals surface area contributed by atoms with E-state index in [-0.39, 0.29) is 0 Å². The predicted molar refractivity (Wildman–Crippen MR) is 75.3 cm³/mol. The number of aryl methyl sites for hydroxylation is 1. The Balaban J connectivity index is 2.00. The molecule has 3 heterocycles. The van der Waals surface area contributed by atoms with E-state index in [1.165, 1.54) is 10.9 Å². The minimum absolute atomic E-state index is 0.620. The van der Waals surface area contributed by atoms with Crippen molar-refractivity contribution < 1.29 is 4.63 Å². The van der Waals surface area contributed by atoms with Crippen molar-refractivity contribution in [3.05, 3.63) is 41.5 Å². The standard InChI is InChI=1S/C14H17N5O/c1-3-15-7-11-8-19(9-13-10(2)17-20-18-13)14-12(11)5-4-6-16-14/h4-6,8,15H,3,7,9H2,1-2H3. The highest BCUT2D eigenvalue weighted by molar-refractivity contribution is 5.80. The van der Waals surface area contributed by atoms with Gasteiger partial charge in [0.1, 0.15) is 17.0 Å². The second-order valence-corrected chi connectivity index (χ2v) is 4.73. The van der Waals surface area contributed by atoms with Crippen molar-refractivity contribution in [2.24, 2.45) is 0 Å². The SMILES string of the molecule is CCNCc1cn(Cc2nonc2C)c2ncccc12. The van der Waals surface area contributed by atoms with Crippen LogP contribution in [0.15, 0.2) is 29.2 Å². The monoisotopic (exact) mass is 271 g/mol. The highest BCUT2D eigenvalue weighted by Gasteiger charge is 2.12. The molecular formula is C14H17N5O. The molecule has 20 heavy (non-hydrogen) atoms. The lowest BCUT2D eigenvalue weighted by Crippen LogP contribution is -2.11. The summed E-state index contributed by atoms with van der Waals surface area (Å²) in [6.45, 7) is 6.39. The molecule has 0 spiro atoms. The van der Waals surface area contributed by atoms with Gasteiger partial charge in [-0.1, -0.05) is 17.2 Å². The molecular weight excluding hydrogens is 254 g/mol. The van der Waals surface area contributed by atoms with Crippen molar-refractivity contribution in [1.29, 1.82) is 0 Å². The molecule has 3 aromatic rings. The third-order valence-corrected chi connectivity index (χ3v) is 3.35. The minimum atomic E-state index is 0.620. The molecule has 0 bridgehead atoms. The Morgan fingerprint density at radius 1 is 1.35 bits per heavy atom. The molecule has 0 aliphatic carbocycles. The average molecular weight is 271 g/mol. The van der Waals surface area contributed by atoms with E-state index in [9.17, 15) is 0 Å². The van der Waals surface area contributed by atoms with Crippen LogP contribution in [0, 0.1) is 6.92 Å². The van der Waals surface area contributed by atoms with E-state index in [1.807, 2.05) is 19.2 Å². The van der Waals surface area contributed by atoms with Crippen LogP contribution in [0.5, 0.6) is 0 Å². The molecule has 0 amide bonds. The topological polar surface area (TPSA) is 68.8 Å². The van der Waals surface area contributed by atoms with E-state index in [2.05, 4.69) is 44.4 Å². The second-order valence-electron chi connectivity index (χ2n) is 4.73. The van der Waals surface area contributed by atoms with Crippen LogP contribution in [0.1, 0.15) is 23.9 Å². The molecule has 0 unspecified atom stereocenters. The van der Waals surface area contributed by atoms with Gasteiger partial charge in [-0.3, -0.25) is 0 Å². The quantitative estimate of drug-likeness (QED) is 0.767. The fourth-order valence-electron chi connectivity index (χ4n) is 2.27. The number of hydrogen-bond acceptors (Lipinski definition) is 5. The fourth-order valence-corrected chi connectivity index (χ4v) is 2.27. The predicted octanol–water partition coefficient (Wildman–Crippen LogP) is 1.89. The lowest BCUT2D eigenvalue weighted by atomic mass is 10.2. The third kappa shape index (κ3) is 2.30. The van der Waals surface area contributed by atoms with Gasteiger partial charge in [0.25, 0.3) is 0 Å². The van der Waals surface area contributed by atoms with Gasteiger partial charge in [-0.25, -0.2) is 9.61 Å². The van der Waals surface area contributed by atoms with Crippen LogP contribution >= 0.6 is 0 Å². The summed E-state index contributed by atoms with van der Waals surface area (Å²) in [5, 5.41) is 12.3. The molecule has 6 nitrogen and oxygen atoms in total. The van der Waals surface area contributed by atoms with Gasteiger partial charge in [0.2, 0.25) is 0 Å². The second kappa shape index (κ2) is 5.42. The summed E-state index contributed by atoms with van der Waals surface area (Å²) in [5.41, 5.74) is 3.85. The molecule has 1 N–H and O–H groups in total. The molecule has 3 aromatic heterocycles. The number of aromatic nitrogens is 4. The molecule has 104 valence electrons. The van der Waals surface area contributed by atoms with Gasteiger partial charge in [0.15, 0.2) is 0 Å². The van der Waals surface area contributed by atoms with Gasteiger partial charge in [0.05, 0.1) is 6.54 Å². The molecule has 0 fully saturated rings. The van der Waals surface area contributed by atoms with Crippen LogP contribution in [0.4, 0.5) is 0 Å². The third-order valence-electron chi connectivity index (χ3n) is 3.35. The maximum Gasteiger partial charge on any atom is 0.140 e. The first-order valence-electron chi connectivity index (χ1n) is 6.71. The Morgan fingerprint density at radius 2 is 2.25 bits per heavy atom. The van der Waals surface area contributed by atoms with Crippen LogP contribution in [-0.2, 0) is 13.1 Å². The van der Waals surface area contributed by atoms with Crippen LogP contribution in [0.2, 0.25) is 0 Å². The zero-order valence-electron chi connectivity index (χ0n) is 11.6. The summed E-state index contributed by atoms with van der Waals surface area (Å²) >= 11 is 0. The minimum Gasteiger partial charge on any atom is -0.326 e. The molecule has 0 radical (unpaired) electrons. The Morgan fingerprint density at radius 3 is 3.00 bits per heavy atom. The zero-order valence-corrected chi connectivity index (χ0v) is 11.6. The highest BCUT2D eigenvalue weighted by Crippen LogP contribution is 2.20. The van der Waals surface area contributed by atoms with Crippen LogP contribution < -0.4 is 5.32 Å². The van der Waals surface area contributed by atoms with Gasteiger partial charge in [-0.05, 0) is 31.2 Å². The first-order chi connectivity index (χ1) is 9.79. The smallest absolute Gasteiger partial charge is 0.140 e. The zero-order chi connectivity index (χ0) is 13.9. The first-order valence-corrected chi connectivity index (χ1v) is 6.71. The van der Waals surface area contributed by atoms with E-state index in [0.29, 0.717) is 6.54 Å². The maximum atomic E-state index is 4.76. The van der Waals surface area contributed by atoms with Gasteiger partial charge >= 0.3 is 0 Å². The van der Waals surface area contributed by atoms with E-state index in [1.54, 1.807) is 0 Å². The fraction of sp³-hybridized carbons (Fsp3) is 0.357. The summed E-state index contributed by atoms with van der Waals surface area (Å²) in [5.74, 6) is 0. The number of hydrogen-bond donors (Lipinski definition) is 1. The summed E-state index contributed by atoms with van der Waals surface area (Å²) in [6.07, 6.45) is 3.93. The molecule has 0 aromatic carbocycles. The number of pyridine rings is 1. The normalized spacial score (nSPS) is 11.3. The summed E-state index contributed by atoms with van der Waals surface area (Å²) in [6, 6.07) is 4.06.